The van der Waals surface area contributed by atoms with Crippen molar-refractivity contribution in [3.05, 3.63) is 42.5 Å². The van der Waals surface area contributed by atoms with Crippen molar-refractivity contribution in [1.82, 2.24) is 19.8 Å². The standard InChI is InChI=1S/C19H22N6O/c20-18(26)14-9-5-2-6-10-15(14)21-16-11-12-17-22-23-19(25(17)24-16)13-7-3-1-4-8-13/h1,3-4,7-8,11-12,14-15H,2,5-6,9-10H2,(H2,20,26)(H,21,24). The molecular weight excluding hydrogens is 328 g/mol. The van der Waals surface area contributed by atoms with Crippen LogP contribution >= 0.6 is 0 Å². The van der Waals surface area contributed by atoms with Gasteiger partial charge in [0, 0.05) is 11.6 Å². The fourth-order valence-corrected chi connectivity index (χ4v) is 3.64. The largest absolute Gasteiger partial charge is 0.369 e. The smallest absolute Gasteiger partial charge is 0.222 e. The van der Waals surface area contributed by atoms with E-state index in [4.69, 9.17) is 5.73 Å². The lowest BCUT2D eigenvalue weighted by Crippen LogP contribution is -2.37. The van der Waals surface area contributed by atoms with Gasteiger partial charge >= 0.3 is 0 Å². The van der Waals surface area contributed by atoms with Crippen molar-refractivity contribution in [2.24, 2.45) is 11.7 Å². The van der Waals surface area contributed by atoms with Gasteiger partial charge in [-0.15, -0.1) is 15.3 Å². The van der Waals surface area contributed by atoms with Gasteiger partial charge in [0.2, 0.25) is 5.91 Å². The molecule has 134 valence electrons. The van der Waals surface area contributed by atoms with Crippen molar-refractivity contribution >= 4 is 17.4 Å². The van der Waals surface area contributed by atoms with Crippen LogP contribution in [0.5, 0.6) is 0 Å². The molecule has 1 amide bonds. The summed E-state index contributed by atoms with van der Waals surface area (Å²) in [6, 6.07) is 13.6. The normalized spacial score (nSPS) is 20.6. The Labute approximate surface area is 151 Å². The van der Waals surface area contributed by atoms with E-state index in [2.05, 4.69) is 20.6 Å². The number of rotatable bonds is 4. The SMILES string of the molecule is NC(=O)C1CCCCCC1Nc1ccc2nnc(-c3ccccc3)n2n1. The Kier molecular flexibility index (Phi) is 4.51. The van der Waals surface area contributed by atoms with E-state index in [-0.39, 0.29) is 17.9 Å². The van der Waals surface area contributed by atoms with Crippen LogP contribution in [0.4, 0.5) is 5.82 Å². The molecule has 26 heavy (non-hydrogen) atoms. The molecule has 1 fully saturated rings. The van der Waals surface area contributed by atoms with Gasteiger partial charge in [0.05, 0.1) is 5.92 Å². The molecule has 0 aliphatic heterocycles. The van der Waals surface area contributed by atoms with Crippen LogP contribution in [-0.2, 0) is 4.79 Å². The second-order valence-corrected chi connectivity index (χ2v) is 6.78. The third-order valence-electron chi connectivity index (χ3n) is 5.01. The molecule has 2 heterocycles. The minimum Gasteiger partial charge on any atom is -0.369 e. The number of nitrogens with zero attached hydrogens (tertiary/aromatic N) is 4. The molecule has 7 nitrogen and oxygen atoms in total. The van der Waals surface area contributed by atoms with E-state index >= 15 is 0 Å². The van der Waals surface area contributed by atoms with Crippen molar-refractivity contribution < 1.29 is 4.79 Å². The Balaban J connectivity index is 1.65. The third kappa shape index (κ3) is 3.24. The number of benzene rings is 1. The lowest BCUT2D eigenvalue weighted by atomic mass is 9.94. The van der Waals surface area contributed by atoms with Crippen molar-refractivity contribution in [2.45, 2.75) is 38.1 Å². The highest BCUT2D eigenvalue weighted by Crippen LogP contribution is 2.26. The van der Waals surface area contributed by atoms with Gasteiger partial charge in [0.15, 0.2) is 11.5 Å². The first-order chi connectivity index (χ1) is 12.7. The monoisotopic (exact) mass is 350 g/mol. The minimum atomic E-state index is -0.236. The van der Waals surface area contributed by atoms with Gasteiger partial charge in [0.25, 0.3) is 0 Å². The maximum Gasteiger partial charge on any atom is 0.222 e. The summed E-state index contributed by atoms with van der Waals surface area (Å²) in [5.41, 5.74) is 7.27. The highest BCUT2D eigenvalue weighted by Gasteiger charge is 2.28. The number of primary amides is 1. The molecule has 2 aromatic heterocycles. The van der Waals surface area contributed by atoms with E-state index < -0.39 is 0 Å². The van der Waals surface area contributed by atoms with Crippen molar-refractivity contribution in [2.75, 3.05) is 5.32 Å². The second-order valence-electron chi connectivity index (χ2n) is 6.78. The van der Waals surface area contributed by atoms with Crippen molar-refractivity contribution in [3.8, 4) is 11.4 Å². The summed E-state index contributed by atoms with van der Waals surface area (Å²) in [5.74, 6) is 0.994. The maximum atomic E-state index is 11.9. The lowest BCUT2D eigenvalue weighted by Gasteiger charge is -2.24. The van der Waals surface area contributed by atoms with Crippen LogP contribution in [0.25, 0.3) is 17.0 Å². The second kappa shape index (κ2) is 7.11. The van der Waals surface area contributed by atoms with Gasteiger partial charge in [0.1, 0.15) is 5.82 Å². The number of fused-ring (bicyclic) bond motifs is 1. The third-order valence-corrected chi connectivity index (χ3v) is 5.01. The van der Waals surface area contributed by atoms with E-state index in [1.54, 1.807) is 4.52 Å². The zero-order valence-electron chi connectivity index (χ0n) is 14.5. The van der Waals surface area contributed by atoms with Crippen LogP contribution in [0.3, 0.4) is 0 Å². The zero-order chi connectivity index (χ0) is 17.9. The quantitative estimate of drug-likeness (QED) is 0.705. The van der Waals surface area contributed by atoms with Crippen molar-refractivity contribution in [3.63, 3.8) is 0 Å². The molecule has 2 atom stereocenters. The van der Waals surface area contributed by atoms with E-state index in [0.29, 0.717) is 17.3 Å². The predicted octanol–water partition coefficient (Wildman–Crippen LogP) is 2.64. The Hall–Kier alpha value is -2.96. The molecule has 1 aromatic carbocycles. The molecule has 0 radical (unpaired) electrons. The Bertz CT molecular complexity index is 907. The molecule has 7 heteroatoms. The highest BCUT2D eigenvalue weighted by atomic mass is 16.1. The van der Waals surface area contributed by atoms with Gasteiger partial charge in [-0.2, -0.15) is 4.52 Å². The molecule has 0 saturated heterocycles. The molecule has 4 rings (SSSR count). The first-order valence-electron chi connectivity index (χ1n) is 9.06. The molecule has 3 aromatic rings. The Morgan fingerprint density at radius 3 is 2.65 bits per heavy atom. The molecule has 1 aliphatic rings. The molecule has 0 spiro atoms. The number of amides is 1. The average molecular weight is 350 g/mol. The molecule has 3 N–H and O–H groups in total. The number of carbonyl (C=O) groups is 1. The fraction of sp³-hybridized carbons (Fsp3) is 0.368. The predicted molar refractivity (Wildman–Crippen MR) is 99.4 cm³/mol. The summed E-state index contributed by atoms with van der Waals surface area (Å²) < 4.78 is 1.73. The highest BCUT2D eigenvalue weighted by molar-refractivity contribution is 5.78. The number of hydrogen-bond acceptors (Lipinski definition) is 5. The fourth-order valence-electron chi connectivity index (χ4n) is 3.64. The molecule has 0 bridgehead atoms. The lowest BCUT2D eigenvalue weighted by molar-refractivity contribution is -0.122. The molecule has 1 aliphatic carbocycles. The number of aromatic nitrogens is 4. The molecular formula is C19H22N6O. The summed E-state index contributed by atoms with van der Waals surface area (Å²) in [4.78, 5) is 11.9. The van der Waals surface area contributed by atoms with Crippen LogP contribution in [-0.4, -0.2) is 31.8 Å². The Morgan fingerprint density at radius 1 is 1.04 bits per heavy atom. The van der Waals surface area contributed by atoms with Crippen LogP contribution < -0.4 is 11.1 Å². The first kappa shape index (κ1) is 16.5. The molecule has 1 saturated carbocycles. The number of nitrogens with two attached hydrogens (primary N) is 1. The maximum absolute atomic E-state index is 11.9. The van der Waals surface area contributed by atoms with Gasteiger partial charge in [-0.1, -0.05) is 49.6 Å². The minimum absolute atomic E-state index is 0.0107. The number of hydrogen-bond donors (Lipinski definition) is 2. The summed E-state index contributed by atoms with van der Waals surface area (Å²) in [6.45, 7) is 0. The van der Waals surface area contributed by atoms with Crippen LogP contribution in [0.1, 0.15) is 32.1 Å². The van der Waals surface area contributed by atoms with E-state index in [9.17, 15) is 4.79 Å². The van der Waals surface area contributed by atoms with Gasteiger partial charge in [-0.3, -0.25) is 4.79 Å². The number of anilines is 1. The van der Waals surface area contributed by atoms with Crippen LogP contribution in [0.15, 0.2) is 42.5 Å². The Morgan fingerprint density at radius 2 is 1.85 bits per heavy atom. The van der Waals surface area contributed by atoms with E-state index in [0.717, 1.165) is 37.7 Å². The number of carbonyl (C=O) groups excluding carboxylic acids is 1. The van der Waals surface area contributed by atoms with E-state index in [1.165, 1.54) is 0 Å². The zero-order valence-corrected chi connectivity index (χ0v) is 14.5. The van der Waals surface area contributed by atoms with Gasteiger partial charge < -0.3 is 11.1 Å². The van der Waals surface area contributed by atoms with Crippen LogP contribution in [0, 0.1) is 5.92 Å². The summed E-state index contributed by atoms with van der Waals surface area (Å²) in [6.07, 6.45) is 5.02. The van der Waals surface area contributed by atoms with Crippen LogP contribution in [0.2, 0.25) is 0 Å². The number of nitrogens with one attached hydrogen (secondary N) is 1. The van der Waals surface area contributed by atoms with Gasteiger partial charge in [-0.05, 0) is 25.0 Å². The van der Waals surface area contributed by atoms with Crippen molar-refractivity contribution in [1.29, 1.82) is 0 Å². The molecule has 2 unspecified atom stereocenters. The van der Waals surface area contributed by atoms with E-state index in [1.807, 2.05) is 42.5 Å². The topological polar surface area (TPSA) is 98.2 Å². The summed E-state index contributed by atoms with van der Waals surface area (Å²) in [7, 11) is 0. The summed E-state index contributed by atoms with van der Waals surface area (Å²) >= 11 is 0. The summed E-state index contributed by atoms with van der Waals surface area (Å²) in [5, 5.41) is 16.5. The first-order valence-corrected chi connectivity index (χ1v) is 9.06. The van der Waals surface area contributed by atoms with Gasteiger partial charge in [-0.25, -0.2) is 0 Å². The average Bonchev–Trinajstić information content (AvgIpc) is 2.93.